The van der Waals surface area contributed by atoms with Gasteiger partial charge in [0.05, 0.1) is 6.20 Å². The Labute approximate surface area is 110 Å². The second-order valence-electron chi connectivity index (χ2n) is 4.26. The maximum Gasteiger partial charge on any atom is 0.196 e. The van der Waals surface area contributed by atoms with Crippen LogP contribution in [0.3, 0.4) is 0 Å². The van der Waals surface area contributed by atoms with Crippen LogP contribution in [0.15, 0.2) is 34.9 Å². The van der Waals surface area contributed by atoms with Crippen LogP contribution < -0.4 is 0 Å². The molecule has 3 rings (SSSR count). The number of benzene rings is 1. The lowest BCUT2D eigenvalue weighted by molar-refractivity contribution is 0.531. The van der Waals surface area contributed by atoms with E-state index in [0.717, 1.165) is 34.9 Å². The Morgan fingerprint density at radius 2 is 2.21 bits per heavy atom. The van der Waals surface area contributed by atoms with Crippen LogP contribution in [0.25, 0.3) is 11.1 Å². The van der Waals surface area contributed by atoms with Crippen LogP contribution in [0.4, 0.5) is 0 Å². The minimum atomic E-state index is 0.713. The maximum atomic E-state index is 5.63. The van der Waals surface area contributed by atoms with E-state index >= 15 is 0 Å². The average Bonchev–Trinajstić information content (AvgIpc) is 3.00. The molecule has 0 bridgehead atoms. The molecule has 0 saturated heterocycles. The standard InChI is InChI=1S/C15H13N3O/c1-11-16-10-12(17-11)6-2-5-9-15-18-13-7-3-4-8-14(13)19-15/h3-4,7-8,10H,5,9H2,1H3,(H,16,17). The van der Waals surface area contributed by atoms with E-state index in [2.05, 4.69) is 26.8 Å². The number of H-pyrrole nitrogens is 1. The average molecular weight is 251 g/mol. The van der Waals surface area contributed by atoms with Gasteiger partial charge in [0.1, 0.15) is 17.0 Å². The van der Waals surface area contributed by atoms with Crippen LogP contribution in [0.1, 0.15) is 23.8 Å². The highest BCUT2D eigenvalue weighted by Gasteiger charge is 2.03. The van der Waals surface area contributed by atoms with E-state index in [-0.39, 0.29) is 0 Å². The fraction of sp³-hybridized carbons (Fsp3) is 0.200. The van der Waals surface area contributed by atoms with Crippen molar-refractivity contribution in [2.24, 2.45) is 0 Å². The molecule has 0 amide bonds. The zero-order chi connectivity index (χ0) is 13.1. The first-order valence-corrected chi connectivity index (χ1v) is 6.16. The fourth-order valence-corrected chi connectivity index (χ4v) is 1.84. The molecule has 0 spiro atoms. The molecule has 0 aliphatic carbocycles. The van der Waals surface area contributed by atoms with Crippen molar-refractivity contribution in [1.82, 2.24) is 15.0 Å². The number of aromatic amines is 1. The van der Waals surface area contributed by atoms with Crippen molar-refractivity contribution in [1.29, 1.82) is 0 Å². The minimum Gasteiger partial charge on any atom is -0.441 e. The molecule has 0 unspecified atom stereocenters. The van der Waals surface area contributed by atoms with Crippen molar-refractivity contribution in [3.63, 3.8) is 0 Å². The Morgan fingerprint density at radius 1 is 1.32 bits per heavy atom. The van der Waals surface area contributed by atoms with Crippen molar-refractivity contribution < 1.29 is 4.42 Å². The monoisotopic (exact) mass is 251 g/mol. The molecule has 0 saturated carbocycles. The Bertz CT molecular complexity index is 725. The van der Waals surface area contributed by atoms with E-state index < -0.39 is 0 Å². The molecular weight excluding hydrogens is 238 g/mol. The molecule has 0 fully saturated rings. The van der Waals surface area contributed by atoms with E-state index in [1.54, 1.807) is 6.20 Å². The molecule has 1 N–H and O–H groups in total. The molecule has 0 radical (unpaired) electrons. The van der Waals surface area contributed by atoms with Crippen LogP contribution in [0.2, 0.25) is 0 Å². The topological polar surface area (TPSA) is 54.7 Å². The lowest BCUT2D eigenvalue weighted by Crippen LogP contribution is -1.82. The van der Waals surface area contributed by atoms with Crippen molar-refractivity contribution >= 4 is 11.1 Å². The third-order valence-electron chi connectivity index (χ3n) is 2.73. The number of oxazole rings is 1. The first kappa shape index (κ1) is 11.5. The van der Waals surface area contributed by atoms with Crippen LogP contribution in [-0.4, -0.2) is 15.0 Å². The summed E-state index contributed by atoms with van der Waals surface area (Å²) in [6.07, 6.45) is 3.17. The number of para-hydroxylation sites is 2. The number of fused-ring (bicyclic) bond motifs is 1. The Hall–Kier alpha value is -2.54. The lowest BCUT2D eigenvalue weighted by Gasteiger charge is -1.86. The summed E-state index contributed by atoms with van der Waals surface area (Å²) in [5.74, 6) is 7.73. The third kappa shape index (κ3) is 2.66. The Balaban J connectivity index is 1.65. The van der Waals surface area contributed by atoms with E-state index in [1.807, 2.05) is 31.2 Å². The maximum absolute atomic E-state index is 5.63. The normalized spacial score (nSPS) is 10.4. The Kier molecular flexibility index (Phi) is 3.03. The second kappa shape index (κ2) is 4.99. The molecule has 4 nitrogen and oxygen atoms in total. The number of aromatic nitrogens is 3. The molecule has 2 heterocycles. The number of hydrogen-bond acceptors (Lipinski definition) is 3. The van der Waals surface area contributed by atoms with Crippen molar-refractivity contribution in [2.45, 2.75) is 19.8 Å². The summed E-state index contributed by atoms with van der Waals surface area (Å²) in [5, 5.41) is 0. The summed E-state index contributed by atoms with van der Waals surface area (Å²) in [7, 11) is 0. The minimum absolute atomic E-state index is 0.713. The second-order valence-corrected chi connectivity index (χ2v) is 4.26. The lowest BCUT2D eigenvalue weighted by atomic mass is 10.3. The summed E-state index contributed by atoms with van der Waals surface area (Å²) in [6, 6.07) is 7.76. The fourth-order valence-electron chi connectivity index (χ4n) is 1.84. The van der Waals surface area contributed by atoms with Gasteiger partial charge in [-0.2, -0.15) is 0 Å². The quantitative estimate of drug-likeness (QED) is 0.712. The van der Waals surface area contributed by atoms with E-state index in [0.29, 0.717) is 6.42 Å². The molecule has 2 aromatic heterocycles. The number of rotatable bonds is 2. The van der Waals surface area contributed by atoms with E-state index in [1.165, 1.54) is 0 Å². The number of nitrogens with one attached hydrogen (secondary N) is 1. The van der Waals surface area contributed by atoms with Gasteiger partial charge < -0.3 is 9.40 Å². The van der Waals surface area contributed by atoms with Gasteiger partial charge in [0, 0.05) is 12.8 Å². The first-order chi connectivity index (χ1) is 9.31. The summed E-state index contributed by atoms with van der Waals surface area (Å²) >= 11 is 0. The number of aryl methyl sites for hydroxylation is 2. The van der Waals surface area contributed by atoms with Crippen molar-refractivity contribution in [3.05, 3.63) is 47.9 Å². The van der Waals surface area contributed by atoms with Gasteiger partial charge in [-0.25, -0.2) is 9.97 Å². The summed E-state index contributed by atoms with van der Waals surface area (Å²) in [6.45, 7) is 1.91. The largest absolute Gasteiger partial charge is 0.441 e. The molecule has 19 heavy (non-hydrogen) atoms. The highest BCUT2D eigenvalue weighted by atomic mass is 16.3. The molecule has 94 valence electrons. The molecule has 0 atom stereocenters. The van der Waals surface area contributed by atoms with E-state index in [4.69, 9.17) is 4.42 Å². The molecule has 0 aliphatic heterocycles. The van der Waals surface area contributed by atoms with Crippen LogP contribution >= 0.6 is 0 Å². The zero-order valence-electron chi connectivity index (χ0n) is 10.6. The van der Waals surface area contributed by atoms with E-state index in [9.17, 15) is 0 Å². The first-order valence-electron chi connectivity index (χ1n) is 6.16. The summed E-state index contributed by atoms with van der Waals surface area (Å²) < 4.78 is 5.63. The summed E-state index contributed by atoms with van der Waals surface area (Å²) in [5.41, 5.74) is 2.57. The van der Waals surface area contributed by atoms with Crippen LogP contribution in [0.5, 0.6) is 0 Å². The molecule has 3 aromatic rings. The number of imidazole rings is 1. The number of nitrogens with zero attached hydrogens (tertiary/aromatic N) is 2. The highest BCUT2D eigenvalue weighted by molar-refractivity contribution is 5.72. The summed E-state index contributed by atoms with van der Waals surface area (Å²) in [4.78, 5) is 11.6. The van der Waals surface area contributed by atoms with Gasteiger partial charge in [0.2, 0.25) is 0 Å². The zero-order valence-corrected chi connectivity index (χ0v) is 10.6. The molecule has 0 aliphatic rings. The van der Waals surface area contributed by atoms with Gasteiger partial charge in [-0.05, 0) is 25.0 Å². The van der Waals surface area contributed by atoms with Gasteiger partial charge in [-0.1, -0.05) is 18.1 Å². The predicted octanol–water partition coefficient (Wildman–Crippen LogP) is 2.84. The Morgan fingerprint density at radius 3 is 3.00 bits per heavy atom. The van der Waals surface area contributed by atoms with Crippen LogP contribution in [0, 0.1) is 18.8 Å². The van der Waals surface area contributed by atoms with Gasteiger partial charge in [0.15, 0.2) is 11.5 Å². The third-order valence-corrected chi connectivity index (χ3v) is 2.73. The predicted molar refractivity (Wildman–Crippen MR) is 72.5 cm³/mol. The van der Waals surface area contributed by atoms with Gasteiger partial charge in [-0.15, -0.1) is 0 Å². The van der Waals surface area contributed by atoms with Crippen molar-refractivity contribution in [2.75, 3.05) is 0 Å². The van der Waals surface area contributed by atoms with Gasteiger partial charge in [0.25, 0.3) is 0 Å². The SMILES string of the molecule is Cc1ncc(C#CCCc2nc3ccccc3o2)[nH]1. The highest BCUT2D eigenvalue weighted by Crippen LogP contribution is 2.15. The molecule has 1 aromatic carbocycles. The smallest absolute Gasteiger partial charge is 0.196 e. The molecule has 4 heteroatoms. The van der Waals surface area contributed by atoms with Gasteiger partial charge in [-0.3, -0.25) is 0 Å². The molecular formula is C15H13N3O. The number of hydrogen-bond donors (Lipinski definition) is 1. The van der Waals surface area contributed by atoms with Gasteiger partial charge >= 0.3 is 0 Å². The van der Waals surface area contributed by atoms with Crippen molar-refractivity contribution in [3.8, 4) is 11.8 Å². The van der Waals surface area contributed by atoms with Crippen LogP contribution in [-0.2, 0) is 6.42 Å².